The van der Waals surface area contributed by atoms with Gasteiger partial charge in [-0.25, -0.2) is 0 Å². The van der Waals surface area contributed by atoms with E-state index in [0.717, 1.165) is 23.9 Å². The van der Waals surface area contributed by atoms with Crippen molar-refractivity contribution in [3.05, 3.63) is 47.5 Å². The molecule has 0 radical (unpaired) electrons. The molecule has 0 aliphatic carbocycles. The summed E-state index contributed by atoms with van der Waals surface area (Å²) in [7, 11) is 0. The van der Waals surface area contributed by atoms with E-state index in [1.165, 1.54) is 0 Å². The normalized spacial score (nSPS) is 22.8. The quantitative estimate of drug-likeness (QED) is 0.799. The third kappa shape index (κ3) is 1.98. The van der Waals surface area contributed by atoms with Crippen LogP contribution < -0.4 is 0 Å². The summed E-state index contributed by atoms with van der Waals surface area (Å²) in [5, 5.41) is 1.74. The fraction of sp³-hybridized carbons (Fsp3) is 0.333. The van der Waals surface area contributed by atoms with Gasteiger partial charge in [0.1, 0.15) is 0 Å². The number of hydrogen-bond donors (Lipinski definition) is 0. The van der Waals surface area contributed by atoms with E-state index in [0.29, 0.717) is 23.2 Å². The Morgan fingerprint density at radius 1 is 0.818 bits per heavy atom. The van der Waals surface area contributed by atoms with Gasteiger partial charge in [-0.1, -0.05) is 24.3 Å². The molecule has 2 amide bonds. The van der Waals surface area contributed by atoms with E-state index < -0.39 is 0 Å². The number of amides is 2. The Morgan fingerprint density at radius 3 is 1.50 bits per heavy atom. The summed E-state index contributed by atoms with van der Waals surface area (Å²) in [5.41, 5.74) is 1.38. The molecule has 4 nitrogen and oxygen atoms in total. The molecule has 2 saturated heterocycles. The largest absolute Gasteiger partial charge is 0.332 e. The van der Waals surface area contributed by atoms with Crippen molar-refractivity contribution < 1.29 is 9.59 Å². The highest BCUT2D eigenvalue weighted by molar-refractivity contribution is 6.14. The number of carbonyl (C=O) groups excluding carboxylic acids is 2. The maximum Gasteiger partial charge on any atom is 0.254 e. The van der Waals surface area contributed by atoms with Gasteiger partial charge < -0.3 is 9.80 Å². The van der Waals surface area contributed by atoms with Crippen molar-refractivity contribution in [2.24, 2.45) is 0 Å². The zero-order valence-electron chi connectivity index (χ0n) is 12.7. The Labute approximate surface area is 129 Å². The van der Waals surface area contributed by atoms with Gasteiger partial charge in [0.15, 0.2) is 0 Å². The SMILES string of the molecule is C[C@H]1CN1C(=O)c1ccc(C(=O)N2C[C@@H]2C)c2ccccc12. The summed E-state index contributed by atoms with van der Waals surface area (Å²) < 4.78 is 0. The molecule has 2 aliphatic rings. The Hall–Kier alpha value is -2.36. The van der Waals surface area contributed by atoms with E-state index in [9.17, 15) is 9.59 Å². The highest BCUT2D eigenvalue weighted by atomic mass is 16.2. The number of benzene rings is 2. The van der Waals surface area contributed by atoms with Gasteiger partial charge in [0.2, 0.25) is 0 Å². The van der Waals surface area contributed by atoms with Crippen LogP contribution in [0.2, 0.25) is 0 Å². The van der Waals surface area contributed by atoms with Gasteiger partial charge >= 0.3 is 0 Å². The molecule has 4 rings (SSSR count). The molecule has 2 aliphatic heterocycles. The average Bonchev–Trinajstić information content (AvgIpc) is 3.43. The van der Waals surface area contributed by atoms with Crippen LogP contribution in [0.4, 0.5) is 0 Å². The highest BCUT2D eigenvalue weighted by Gasteiger charge is 2.37. The van der Waals surface area contributed by atoms with Crippen LogP contribution in [0.5, 0.6) is 0 Å². The molecule has 0 aromatic heterocycles. The Kier molecular flexibility index (Phi) is 2.76. The van der Waals surface area contributed by atoms with Crippen LogP contribution in [0.15, 0.2) is 36.4 Å². The maximum absolute atomic E-state index is 12.5. The van der Waals surface area contributed by atoms with Crippen molar-refractivity contribution in [3.63, 3.8) is 0 Å². The minimum Gasteiger partial charge on any atom is -0.332 e. The highest BCUT2D eigenvalue weighted by Crippen LogP contribution is 2.30. The topological polar surface area (TPSA) is 40.2 Å². The molecule has 2 aromatic rings. The molecule has 2 atom stereocenters. The molecule has 4 heteroatoms. The van der Waals surface area contributed by atoms with E-state index in [4.69, 9.17) is 0 Å². The summed E-state index contributed by atoms with van der Waals surface area (Å²) in [6, 6.07) is 11.9. The summed E-state index contributed by atoms with van der Waals surface area (Å²) in [6.45, 7) is 5.72. The number of nitrogens with zero attached hydrogens (tertiary/aromatic N) is 2. The molecule has 0 spiro atoms. The minimum atomic E-state index is 0.0581. The number of rotatable bonds is 2. The zero-order valence-corrected chi connectivity index (χ0v) is 12.7. The number of fused-ring (bicyclic) bond motifs is 1. The fourth-order valence-corrected chi connectivity index (χ4v) is 3.02. The zero-order chi connectivity index (χ0) is 15.4. The van der Waals surface area contributed by atoms with Crippen molar-refractivity contribution in [2.75, 3.05) is 13.1 Å². The lowest BCUT2D eigenvalue weighted by Crippen LogP contribution is -2.16. The Balaban J connectivity index is 1.81. The van der Waals surface area contributed by atoms with Crippen LogP contribution in [-0.2, 0) is 0 Å². The van der Waals surface area contributed by atoms with Crippen molar-refractivity contribution in [1.82, 2.24) is 9.80 Å². The molecule has 2 fully saturated rings. The second-order valence-corrected chi connectivity index (χ2v) is 6.32. The van der Waals surface area contributed by atoms with Crippen LogP contribution in [0, 0.1) is 0 Å². The fourth-order valence-electron chi connectivity index (χ4n) is 3.02. The molecule has 0 bridgehead atoms. The first-order valence-electron chi connectivity index (χ1n) is 7.71. The average molecular weight is 294 g/mol. The van der Waals surface area contributed by atoms with Gasteiger partial charge in [0.05, 0.1) is 0 Å². The third-order valence-electron chi connectivity index (χ3n) is 4.63. The lowest BCUT2D eigenvalue weighted by molar-refractivity contribution is 0.0866. The lowest BCUT2D eigenvalue weighted by atomic mass is 9.98. The lowest BCUT2D eigenvalue weighted by Gasteiger charge is -2.11. The summed E-state index contributed by atoms with van der Waals surface area (Å²) in [5.74, 6) is 0.116. The van der Waals surface area contributed by atoms with Crippen LogP contribution in [0.1, 0.15) is 34.6 Å². The molecule has 22 heavy (non-hydrogen) atoms. The van der Waals surface area contributed by atoms with E-state index in [1.807, 2.05) is 47.9 Å². The van der Waals surface area contributed by atoms with Gasteiger partial charge in [-0.15, -0.1) is 0 Å². The van der Waals surface area contributed by atoms with Gasteiger partial charge in [-0.2, -0.15) is 0 Å². The Bertz CT molecular complexity index is 732. The summed E-state index contributed by atoms with van der Waals surface area (Å²) in [6.07, 6.45) is 0. The predicted octanol–water partition coefficient (Wildman–Crippen LogP) is 2.53. The molecular formula is C18H18N2O2. The van der Waals surface area contributed by atoms with Gasteiger partial charge in [-0.3, -0.25) is 9.59 Å². The van der Waals surface area contributed by atoms with E-state index >= 15 is 0 Å². The minimum absolute atomic E-state index is 0.0581. The second kappa shape index (κ2) is 4.57. The monoisotopic (exact) mass is 294 g/mol. The predicted molar refractivity (Wildman–Crippen MR) is 84.9 cm³/mol. The van der Waals surface area contributed by atoms with E-state index in [-0.39, 0.29) is 11.8 Å². The molecule has 112 valence electrons. The van der Waals surface area contributed by atoms with Crippen molar-refractivity contribution in [2.45, 2.75) is 25.9 Å². The van der Waals surface area contributed by atoms with Gasteiger partial charge in [0.25, 0.3) is 11.8 Å². The van der Waals surface area contributed by atoms with Gasteiger partial charge in [-0.05, 0) is 36.8 Å². The summed E-state index contributed by atoms with van der Waals surface area (Å²) in [4.78, 5) is 28.8. The molecular weight excluding hydrogens is 276 g/mol. The third-order valence-corrected chi connectivity index (χ3v) is 4.63. The molecule has 0 N–H and O–H groups in total. The molecule has 0 saturated carbocycles. The van der Waals surface area contributed by atoms with Crippen molar-refractivity contribution in [3.8, 4) is 0 Å². The molecule has 2 heterocycles. The smallest absolute Gasteiger partial charge is 0.254 e. The van der Waals surface area contributed by atoms with E-state index in [1.54, 1.807) is 12.1 Å². The number of carbonyl (C=O) groups is 2. The maximum atomic E-state index is 12.5. The first kappa shape index (κ1) is 13.3. The Morgan fingerprint density at radius 2 is 1.18 bits per heavy atom. The standard InChI is InChI=1S/C18H18N2O2/c1-11-9-19(11)17(21)15-7-8-16(18(22)20-10-12(20)2)14-6-4-3-5-13(14)15/h3-8,11-12H,9-10H2,1-2H3/t11-,12-,19?,20?/m0/s1. The van der Waals surface area contributed by atoms with Gasteiger partial charge in [0, 0.05) is 36.3 Å². The van der Waals surface area contributed by atoms with Crippen LogP contribution in [0.25, 0.3) is 10.8 Å². The van der Waals surface area contributed by atoms with E-state index in [2.05, 4.69) is 0 Å². The van der Waals surface area contributed by atoms with Crippen molar-refractivity contribution >= 4 is 22.6 Å². The van der Waals surface area contributed by atoms with Crippen molar-refractivity contribution in [1.29, 1.82) is 0 Å². The number of hydrogen-bond acceptors (Lipinski definition) is 2. The molecule has 0 unspecified atom stereocenters. The van der Waals surface area contributed by atoms with Crippen LogP contribution >= 0.6 is 0 Å². The first-order chi connectivity index (χ1) is 10.6. The first-order valence-corrected chi connectivity index (χ1v) is 7.71. The second-order valence-electron chi connectivity index (χ2n) is 6.32. The molecule has 2 aromatic carbocycles. The van der Waals surface area contributed by atoms with Crippen LogP contribution in [0.3, 0.4) is 0 Å². The van der Waals surface area contributed by atoms with Crippen LogP contribution in [-0.4, -0.2) is 46.8 Å². The summed E-state index contributed by atoms with van der Waals surface area (Å²) >= 11 is 0.